The van der Waals surface area contributed by atoms with Crippen LogP contribution in [0, 0.1) is 0 Å². The lowest BCUT2D eigenvalue weighted by Gasteiger charge is -2.41. The third kappa shape index (κ3) is 4.68. The van der Waals surface area contributed by atoms with Crippen LogP contribution in [-0.4, -0.2) is 38.6 Å². The van der Waals surface area contributed by atoms with Crippen LogP contribution in [0.15, 0.2) is 42.5 Å². The minimum atomic E-state index is 0.140. The lowest BCUT2D eigenvalue weighted by atomic mass is 9.76. The van der Waals surface area contributed by atoms with Crippen molar-refractivity contribution in [2.75, 3.05) is 33.5 Å². The molecule has 0 aromatic heterocycles. The van der Waals surface area contributed by atoms with Crippen LogP contribution in [0.2, 0.25) is 0 Å². The fourth-order valence-corrected chi connectivity index (χ4v) is 3.67. The zero-order valence-corrected chi connectivity index (χ0v) is 17.1. The predicted octanol–water partition coefficient (Wildman–Crippen LogP) is 4.97. The molecule has 1 N–H and O–H groups in total. The molecule has 1 aliphatic rings. The summed E-state index contributed by atoms with van der Waals surface area (Å²) in [5.41, 5.74) is 3.64. The maximum atomic E-state index is 8.80. The fourth-order valence-electron chi connectivity index (χ4n) is 3.67. The molecule has 2 aromatic carbocycles. The molecule has 0 saturated carbocycles. The van der Waals surface area contributed by atoms with Gasteiger partial charge < -0.3 is 19.3 Å². The zero-order valence-electron chi connectivity index (χ0n) is 17.1. The molecule has 2 aromatic rings. The van der Waals surface area contributed by atoms with Crippen LogP contribution in [-0.2, 0) is 10.2 Å². The van der Waals surface area contributed by atoms with E-state index >= 15 is 0 Å². The first kappa shape index (κ1) is 20.7. The minimum Gasteiger partial charge on any atom is -0.496 e. The van der Waals surface area contributed by atoms with Crippen LogP contribution >= 0.6 is 0 Å². The van der Waals surface area contributed by atoms with Gasteiger partial charge in [0, 0.05) is 17.6 Å². The van der Waals surface area contributed by atoms with Gasteiger partial charge >= 0.3 is 0 Å². The number of rotatable bonds is 11. The topological polar surface area (TPSA) is 47.9 Å². The van der Waals surface area contributed by atoms with Crippen molar-refractivity contribution in [1.29, 1.82) is 0 Å². The van der Waals surface area contributed by atoms with Crippen molar-refractivity contribution < 1.29 is 19.3 Å². The molecule has 4 nitrogen and oxygen atoms in total. The molecular weight excluding hydrogens is 352 g/mol. The Bertz CT molecular complexity index is 729. The largest absolute Gasteiger partial charge is 0.496 e. The lowest BCUT2D eigenvalue weighted by molar-refractivity contribution is -0.0620. The van der Waals surface area contributed by atoms with Crippen LogP contribution in [0.5, 0.6) is 11.5 Å². The fraction of sp³-hybridized carbons (Fsp3) is 0.500. The molecular formula is C24H32O4. The van der Waals surface area contributed by atoms with Crippen LogP contribution in [0.4, 0.5) is 0 Å². The highest BCUT2D eigenvalue weighted by Gasteiger charge is 2.38. The highest BCUT2D eigenvalue weighted by molar-refractivity contribution is 5.71. The number of hydrogen-bond acceptors (Lipinski definition) is 4. The van der Waals surface area contributed by atoms with E-state index in [9.17, 15) is 0 Å². The number of methoxy groups -OCH3 is 1. The minimum absolute atomic E-state index is 0.140. The van der Waals surface area contributed by atoms with E-state index < -0.39 is 0 Å². The van der Waals surface area contributed by atoms with Crippen molar-refractivity contribution in [1.82, 2.24) is 0 Å². The average Bonchev–Trinajstić information content (AvgIpc) is 2.70. The number of benzene rings is 2. The van der Waals surface area contributed by atoms with Gasteiger partial charge in [-0.15, -0.1) is 0 Å². The Balaban J connectivity index is 1.64. The number of unbranched alkanes of at least 4 members (excludes halogenated alkanes) is 3. The summed E-state index contributed by atoms with van der Waals surface area (Å²) in [5.74, 6) is 1.79. The summed E-state index contributed by atoms with van der Waals surface area (Å²) < 4.78 is 17.0. The van der Waals surface area contributed by atoms with E-state index in [1.807, 2.05) is 12.1 Å². The van der Waals surface area contributed by atoms with Gasteiger partial charge in [-0.1, -0.05) is 37.6 Å². The van der Waals surface area contributed by atoms with E-state index in [4.69, 9.17) is 19.3 Å². The molecule has 4 heteroatoms. The van der Waals surface area contributed by atoms with Crippen LogP contribution in [0.1, 0.15) is 44.6 Å². The Morgan fingerprint density at radius 3 is 2.36 bits per heavy atom. The van der Waals surface area contributed by atoms with E-state index in [1.54, 1.807) is 7.11 Å². The Hall–Kier alpha value is -2.04. The summed E-state index contributed by atoms with van der Waals surface area (Å²) in [5, 5.41) is 8.80. The molecule has 1 heterocycles. The average molecular weight is 385 g/mol. The molecule has 1 aliphatic heterocycles. The van der Waals surface area contributed by atoms with Gasteiger partial charge in [-0.2, -0.15) is 0 Å². The van der Waals surface area contributed by atoms with Crippen molar-refractivity contribution in [2.45, 2.75) is 44.4 Å². The second kappa shape index (κ2) is 9.94. The highest BCUT2D eigenvalue weighted by atomic mass is 16.5. The van der Waals surface area contributed by atoms with Crippen LogP contribution < -0.4 is 9.47 Å². The molecule has 0 bridgehead atoms. The van der Waals surface area contributed by atoms with Gasteiger partial charge in [0.2, 0.25) is 0 Å². The van der Waals surface area contributed by atoms with Gasteiger partial charge in [-0.25, -0.2) is 0 Å². The quantitative estimate of drug-likeness (QED) is 0.556. The summed E-state index contributed by atoms with van der Waals surface area (Å²) in [7, 11) is 1.73. The van der Waals surface area contributed by atoms with Crippen molar-refractivity contribution >= 4 is 0 Å². The van der Waals surface area contributed by atoms with Crippen molar-refractivity contribution in [2.24, 2.45) is 0 Å². The number of ether oxygens (including phenoxy) is 3. The van der Waals surface area contributed by atoms with Gasteiger partial charge in [-0.05, 0) is 55.0 Å². The highest BCUT2D eigenvalue weighted by Crippen LogP contribution is 2.40. The smallest absolute Gasteiger partial charge is 0.126 e. The second-order valence-corrected chi connectivity index (χ2v) is 7.55. The molecule has 0 radical (unpaired) electrons. The Morgan fingerprint density at radius 2 is 1.75 bits per heavy atom. The third-order valence-electron chi connectivity index (χ3n) is 5.73. The van der Waals surface area contributed by atoms with Gasteiger partial charge in [-0.3, -0.25) is 0 Å². The maximum Gasteiger partial charge on any atom is 0.126 e. The predicted molar refractivity (Wildman–Crippen MR) is 112 cm³/mol. The zero-order chi connectivity index (χ0) is 19.8. The molecule has 0 atom stereocenters. The van der Waals surface area contributed by atoms with Gasteiger partial charge in [0.25, 0.3) is 0 Å². The lowest BCUT2D eigenvalue weighted by Crippen LogP contribution is -2.46. The van der Waals surface area contributed by atoms with Crippen molar-refractivity contribution in [3.8, 4) is 22.6 Å². The Kier molecular flexibility index (Phi) is 7.35. The van der Waals surface area contributed by atoms with Crippen molar-refractivity contribution in [3.63, 3.8) is 0 Å². The summed E-state index contributed by atoms with van der Waals surface area (Å²) >= 11 is 0. The summed E-state index contributed by atoms with van der Waals surface area (Å²) in [4.78, 5) is 0. The standard InChI is InChI=1S/C24H32O4/c1-3-24(17-27-18-24)20-10-13-22(23(16-20)26-2)19-8-11-21(12-9-19)28-15-7-5-4-6-14-25/h8-13,16,25H,3-7,14-15,17-18H2,1-2H3. The van der Waals surface area contributed by atoms with E-state index in [1.165, 1.54) is 5.56 Å². The summed E-state index contributed by atoms with van der Waals surface area (Å²) in [6.07, 6.45) is 5.11. The first-order valence-electron chi connectivity index (χ1n) is 10.3. The summed E-state index contributed by atoms with van der Waals surface area (Å²) in [6, 6.07) is 14.7. The molecule has 0 amide bonds. The molecule has 28 heavy (non-hydrogen) atoms. The first-order chi connectivity index (χ1) is 13.7. The first-order valence-corrected chi connectivity index (χ1v) is 10.3. The van der Waals surface area contributed by atoms with E-state index in [0.29, 0.717) is 6.61 Å². The van der Waals surface area contributed by atoms with E-state index in [-0.39, 0.29) is 12.0 Å². The SMILES string of the molecule is CCC1(c2ccc(-c3ccc(OCCCCCCO)cc3)c(OC)c2)COC1. The van der Waals surface area contributed by atoms with Gasteiger partial charge in [0.1, 0.15) is 11.5 Å². The Labute approximate surface area is 168 Å². The van der Waals surface area contributed by atoms with E-state index in [0.717, 1.165) is 67.9 Å². The molecule has 0 aliphatic carbocycles. The second-order valence-electron chi connectivity index (χ2n) is 7.55. The molecule has 0 spiro atoms. The van der Waals surface area contributed by atoms with Gasteiger partial charge in [0.05, 0.1) is 26.9 Å². The van der Waals surface area contributed by atoms with E-state index in [2.05, 4.69) is 37.3 Å². The number of aliphatic hydroxyl groups is 1. The van der Waals surface area contributed by atoms with Gasteiger partial charge in [0.15, 0.2) is 0 Å². The number of hydrogen-bond donors (Lipinski definition) is 1. The summed E-state index contributed by atoms with van der Waals surface area (Å²) in [6.45, 7) is 4.79. The van der Waals surface area contributed by atoms with Crippen molar-refractivity contribution in [3.05, 3.63) is 48.0 Å². The molecule has 1 fully saturated rings. The third-order valence-corrected chi connectivity index (χ3v) is 5.73. The number of aliphatic hydroxyl groups excluding tert-OH is 1. The molecule has 152 valence electrons. The molecule has 1 saturated heterocycles. The van der Waals surface area contributed by atoms with Crippen LogP contribution in [0.3, 0.4) is 0 Å². The Morgan fingerprint density at radius 1 is 1.00 bits per heavy atom. The maximum absolute atomic E-state index is 8.80. The normalized spacial score (nSPS) is 15.1. The van der Waals surface area contributed by atoms with Crippen LogP contribution in [0.25, 0.3) is 11.1 Å². The molecule has 0 unspecified atom stereocenters. The molecule has 3 rings (SSSR count). The monoisotopic (exact) mass is 384 g/mol.